The molecule has 1 fully saturated rings. The van der Waals surface area contributed by atoms with E-state index in [4.69, 9.17) is 21.1 Å². The van der Waals surface area contributed by atoms with Crippen molar-refractivity contribution >= 4 is 11.6 Å². The molecule has 1 unspecified atom stereocenters. The van der Waals surface area contributed by atoms with Gasteiger partial charge in [0, 0.05) is 31.9 Å². The van der Waals surface area contributed by atoms with Crippen molar-refractivity contribution in [3.05, 3.63) is 0 Å². The molecule has 0 aromatic carbocycles. The molecule has 174 valence electrons. The van der Waals surface area contributed by atoms with Gasteiger partial charge in [0.25, 0.3) is 0 Å². The quantitative estimate of drug-likeness (QED) is 0.0934. The van der Waals surface area contributed by atoms with Crippen LogP contribution in [0.25, 0.3) is 0 Å². The van der Waals surface area contributed by atoms with Crippen LogP contribution in [0.2, 0.25) is 0 Å². The van der Waals surface area contributed by atoms with Crippen LogP contribution in [0.1, 0.15) is 129 Å². The van der Waals surface area contributed by atoms with Gasteiger partial charge in [-0.15, -0.1) is 11.6 Å². The number of hydrogen-bond acceptors (Lipinski definition) is 2. The number of methoxy groups -OCH3 is 2. The summed E-state index contributed by atoms with van der Waals surface area (Å²) in [4.78, 5) is 0. The van der Waals surface area contributed by atoms with Crippen LogP contribution in [0.5, 0.6) is 0 Å². The van der Waals surface area contributed by atoms with Crippen LogP contribution < -0.4 is 0 Å². The molecule has 0 heterocycles. The van der Waals surface area contributed by atoms with E-state index in [1.165, 1.54) is 116 Å². The number of unbranched alkanes of at least 4 members (excludes halogenated alkanes) is 9. The lowest BCUT2D eigenvalue weighted by Gasteiger charge is -2.44. The Kier molecular flexibility index (Phi) is 16.8. The predicted molar refractivity (Wildman–Crippen MR) is 128 cm³/mol. The number of hydrogen-bond donors (Lipinski definition) is 0. The van der Waals surface area contributed by atoms with Gasteiger partial charge in [-0.05, 0) is 32.1 Å². The number of halogens is 1. The third-order valence-electron chi connectivity index (χ3n) is 7.22. The molecular weight excluding hydrogens is 380 g/mol. The Balaban J connectivity index is 2.68. The summed E-state index contributed by atoms with van der Waals surface area (Å²) in [6.07, 6.45) is 25.0. The van der Waals surface area contributed by atoms with Crippen molar-refractivity contribution in [1.29, 1.82) is 0 Å². The molecule has 2 nitrogen and oxygen atoms in total. The molecule has 0 amide bonds. The first-order valence-electron chi connectivity index (χ1n) is 12.9. The lowest BCUT2D eigenvalue weighted by molar-refractivity contribution is -0.276. The van der Waals surface area contributed by atoms with Crippen molar-refractivity contribution in [2.45, 2.75) is 135 Å². The van der Waals surface area contributed by atoms with E-state index >= 15 is 0 Å². The van der Waals surface area contributed by atoms with Gasteiger partial charge in [0.2, 0.25) is 0 Å². The second-order valence-electron chi connectivity index (χ2n) is 9.32. The monoisotopic (exact) mass is 430 g/mol. The zero-order chi connectivity index (χ0) is 21.2. The molecule has 0 aliphatic heterocycles. The van der Waals surface area contributed by atoms with Crippen molar-refractivity contribution in [3.8, 4) is 0 Å². The SMILES string of the molecule is CCCCCCCCC(CCCCCCCCl)C(OC)(OC)C1CCCCCC1. The minimum atomic E-state index is -0.371. The molecule has 1 aliphatic rings. The normalized spacial score (nSPS) is 17.4. The Morgan fingerprint density at radius 3 is 1.69 bits per heavy atom. The number of alkyl halides is 1. The summed E-state index contributed by atoms with van der Waals surface area (Å²) < 4.78 is 12.6. The maximum atomic E-state index is 6.30. The van der Waals surface area contributed by atoms with E-state index in [9.17, 15) is 0 Å². The van der Waals surface area contributed by atoms with Gasteiger partial charge in [-0.3, -0.25) is 0 Å². The zero-order valence-electron chi connectivity index (χ0n) is 20.0. The van der Waals surface area contributed by atoms with E-state index in [1.807, 2.05) is 14.2 Å². The van der Waals surface area contributed by atoms with Crippen molar-refractivity contribution in [2.75, 3.05) is 20.1 Å². The fourth-order valence-corrected chi connectivity index (χ4v) is 5.69. The molecule has 0 aromatic heterocycles. The third-order valence-corrected chi connectivity index (χ3v) is 7.49. The predicted octanol–water partition coefficient (Wildman–Crippen LogP) is 8.89. The minimum Gasteiger partial charge on any atom is -0.353 e. The van der Waals surface area contributed by atoms with E-state index in [0.717, 1.165) is 12.3 Å². The summed E-state index contributed by atoms with van der Waals surface area (Å²) in [6, 6.07) is 0. The van der Waals surface area contributed by atoms with Gasteiger partial charge in [-0.2, -0.15) is 0 Å². The van der Waals surface area contributed by atoms with E-state index in [-0.39, 0.29) is 5.79 Å². The van der Waals surface area contributed by atoms with Gasteiger partial charge in [0.1, 0.15) is 0 Å². The third kappa shape index (κ3) is 10.4. The fraction of sp³-hybridized carbons (Fsp3) is 1.00. The second-order valence-corrected chi connectivity index (χ2v) is 9.69. The highest BCUT2D eigenvalue weighted by Crippen LogP contribution is 2.43. The van der Waals surface area contributed by atoms with Gasteiger partial charge in [-0.25, -0.2) is 0 Å². The molecule has 0 bridgehead atoms. The van der Waals surface area contributed by atoms with Gasteiger partial charge in [0.05, 0.1) is 0 Å². The molecule has 0 spiro atoms. The van der Waals surface area contributed by atoms with E-state index in [1.54, 1.807) is 0 Å². The topological polar surface area (TPSA) is 18.5 Å². The lowest BCUT2D eigenvalue weighted by atomic mass is 9.77. The molecule has 3 heteroatoms. The average molecular weight is 431 g/mol. The Morgan fingerprint density at radius 1 is 0.724 bits per heavy atom. The smallest absolute Gasteiger partial charge is 0.173 e. The largest absolute Gasteiger partial charge is 0.353 e. The molecule has 1 saturated carbocycles. The summed E-state index contributed by atoms with van der Waals surface area (Å²) >= 11 is 5.83. The maximum absolute atomic E-state index is 6.30. The van der Waals surface area contributed by atoms with Crippen LogP contribution in [0.15, 0.2) is 0 Å². The highest BCUT2D eigenvalue weighted by molar-refractivity contribution is 6.17. The van der Waals surface area contributed by atoms with Crippen molar-refractivity contribution in [1.82, 2.24) is 0 Å². The maximum Gasteiger partial charge on any atom is 0.173 e. The Bertz CT molecular complexity index is 333. The summed E-state index contributed by atoms with van der Waals surface area (Å²) in [6.45, 7) is 2.29. The molecule has 0 radical (unpaired) electrons. The second kappa shape index (κ2) is 17.8. The van der Waals surface area contributed by atoms with Crippen molar-refractivity contribution < 1.29 is 9.47 Å². The summed E-state index contributed by atoms with van der Waals surface area (Å²) in [5, 5.41) is 0. The molecule has 0 aromatic rings. The molecule has 1 aliphatic carbocycles. The van der Waals surface area contributed by atoms with Crippen LogP contribution in [-0.2, 0) is 9.47 Å². The first-order chi connectivity index (χ1) is 14.2. The Labute approximate surface area is 187 Å². The highest BCUT2D eigenvalue weighted by Gasteiger charge is 2.45. The first kappa shape index (κ1) is 27.2. The Hall–Kier alpha value is 0.210. The minimum absolute atomic E-state index is 0.371. The van der Waals surface area contributed by atoms with E-state index in [2.05, 4.69) is 6.92 Å². The molecule has 0 saturated heterocycles. The summed E-state index contributed by atoms with van der Waals surface area (Å²) in [5.74, 6) is 1.52. The van der Waals surface area contributed by atoms with Gasteiger partial charge < -0.3 is 9.47 Å². The average Bonchev–Trinajstić information content (AvgIpc) is 3.03. The molecular formula is C26H51ClO2. The fourth-order valence-electron chi connectivity index (χ4n) is 5.50. The number of ether oxygens (including phenoxy) is 2. The van der Waals surface area contributed by atoms with E-state index < -0.39 is 0 Å². The zero-order valence-corrected chi connectivity index (χ0v) is 20.7. The van der Waals surface area contributed by atoms with Crippen LogP contribution in [0, 0.1) is 11.8 Å². The van der Waals surface area contributed by atoms with E-state index in [0.29, 0.717) is 11.8 Å². The standard InChI is InChI=1S/C26H51ClO2/c1-4-5-6-7-9-14-19-24(20-15-10-8-13-18-23-27)26(28-2,29-3)25-21-16-11-12-17-22-25/h24-25H,4-23H2,1-3H3. The van der Waals surface area contributed by atoms with Crippen LogP contribution in [0.4, 0.5) is 0 Å². The van der Waals surface area contributed by atoms with Crippen LogP contribution >= 0.6 is 11.6 Å². The molecule has 29 heavy (non-hydrogen) atoms. The molecule has 0 N–H and O–H groups in total. The number of rotatable bonds is 18. The molecule has 1 atom stereocenters. The lowest BCUT2D eigenvalue weighted by Crippen LogP contribution is -2.49. The van der Waals surface area contributed by atoms with Crippen molar-refractivity contribution in [3.63, 3.8) is 0 Å². The van der Waals surface area contributed by atoms with Crippen LogP contribution in [0.3, 0.4) is 0 Å². The Morgan fingerprint density at radius 2 is 1.21 bits per heavy atom. The van der Waals surface area contributed by atoms with Gasteiger partial charge in [0.15, 0.2) is 5.79 Å². The highest BCUT2D eigenvalue weighted by atomic mass is 35.5. The summed E-state index contributed by atoms with van der Waals surface area (Å²) in [7, 11) is 3.81. The van der Waals surface area contributed by atoms with Gasteiger partial charge >= 0.3 is 0 Å². The van der Waals surface area contributed by atoms with Gasteiger partial charge in [-0.1, -0.05) is 96.8 Å². The van der Waals surface area contributed by atoms with Crippen LogP contribution in [-0.4, -0.2) is 25.9 Å². The summed E-state index contributed by atoms with van der Waals surface area (Å²) in [5.41, 5.74) is 0. The first-order valence-corrected chi connectivity index (χ1v) is 13.4. The molecule has 1 rings (SSSR count). The van der Waals surface area contributed by atoms with Crippen molar-refractivity contribution in [2.24, 2.45) is 11.8 Å².